The normalized spacial score (nSPS) is 20.1. The van der Waals surface area contributed by atoms with Gasteiger partial charge >= 0.3 is 0 Å². The number of phenols is 1. The van der Waals surface area contributed by atoms with Crippen molar-refractivity contribution >= 4 is 0 Å². The molecule has 1 fully saturated rings. The maximum absolute atomic E-state index is 13.2. The predicted molar refractivity (Wildman–Crippen MR) is 57.0 cm³/mol. The van der Waals surface area contributed by atoms with E-state index in [-0.39, 0.29) is 5.75 Å². The zero-order chi connectivity index (χ0) is 10.9. The molecule has 3 heteroatoms. The summed E-state index contributed by atoms with van der Waals surface area (Å²) in [5, 5.41) is 9.11. The maximum atomic E-state index is 13.2. The van der Waals surface area contributed by atoms with Gasteiger partial charge in [-0.3, -0.25) is 0 Å². The molecule has 0 aliphatic heterocycles. The van der Waals surface area contributed by atoms with Crippen molar-refractivity contribution in [3.05, 3.63) is 29.6 Å². The van der Waals surface area contributed by atoms with Gasteiger partial charge in [0.05, 0.1) is 0 Å². The monoisotopic (exact) mass is 209 g/mol. The molecule has 2 nitrogen and oxygen atoms in total. The molecule has 0 unspecified atom stereocenters. The fraction of sp³-hybridized carbons (Fsp3) is 0.500. The number of hydrogen-bond donors (Lipinski definition) is 2. The SMILES string of the molecule is NC1(c2ccc(O)c(F)c2)CCCCC1. The molecule has 1 aromatic carbocycles. The smallest absolute Gasteiger partial charge is 0.165 e. The van der Waals surface area contributed by atoms with Gasteiger partial charge in [0, 0.05) is 5.54 Å². The third kappa shape index (κ3) is 1.97. The molecule has 0 heterocycles. The summed E-state index contributed by atoms with van der Waals surface area (Å²) in [5.41, 5.74) is 6.66. The van der Waals surface area contributed by atoms with Crippen molar-refractivity contribution in [3.63, 3.8) is 0 Å². The molecule has 82 valence electrons. The Morgan fingerprint density at radius 2 is 1.87 bits per heavy atom. The minimum Gasteiger partial charge on any atom is -0.505 e. The topological polar surface area (TPSA) is 46.2 Å². The molecule has 1 saturated carbocycles. The third-order valence-electron chi connectivity index (χ3n) is 3.27. The summed E-state index contributed by atoms with van der Waals surface area (Å²) in [4.78, 5) is 0. The standard InChI is InChI=1S/C12H16FNO/c13-10-8-9(4-5-11(10)15)12(14)6-2-1-3-7-12/h4-5,8,15H,1-3,6-7,14H2. The number of halogens is 1. The molecular weight excluding hydrogens is 193 g/mol. The van der Waals surface area contributed by atoms with Crippen LogP contribution in [0.5, 0.6) is 5.75 Å². The van der Waals surface area contributed by atoms with Crippen LogP contribution in [0.15, 0.2) is 18.2 Å². The first-order chi connectivity index (χ1) is 7.12. The van der Waals surface area contributed by atoms with Crippen LogP contribution in [-0.4, -0.2) is 5.11 Å². The van der Waals surface area contributed by atoms with Crippen LogP contribution >= 0.6 is 0 Å². The van der Waals surface area contributed by atoms with Crippen LogP contribution in [0.3, 0.4) is 0 Å². The van der Waals surface area contributed by atoms with Gasteiger partial charge in [-0.15, -0.1) is 0 Å². The van der Waals surface area contributed by atoms with Gasteiger partial charge in [0.25, 0.3) is 0 Å². The van der Waals surface area contributed by atoms with E-state index in [1.165, 1.54) is 18.6 Å². The zero-order valence-corrected chi connectivity index (χ0v) is 8.67. The van der Waals surface area contributed by atoms with Crippen molar-refractivity contribution in [1.82, 2.24) is 0 Å². The van der Waals surface area contributed by atoms with E-state index in [1.54, 1.807) is 6.07 Å². The van der Waals surface area contributed by atoms with Gasteiger partial charge in [0.1, 0.15) is 0 Å². The van der Waals surface area contributed by atoms with Crippen molar-refractivity contribution in [2.75, 3.05) is 0 Å². The van der Waals surface area contributed by atoms with Gasteiger partial charge in [0.2, 0.25) is 0 Å². The quantitative estimate of drug-likeness (QED) is 0.747. The van der Waals surface area contributed by atoms with Crippen molar-refractivity contribution in [3.8, 4) is 5.75 Å². The highest BCUT2D eigenvalue weighted by molar-refractivity contribution is 5.32. The van der Waals surface area contributed by atoms with Crippen molar-refractivity contribution in [2.24, 2.45) is 5.73 Å². The average molecular weight is 209 g/mol. The molecular formula is C12H16FNO. The Labute approximate surface area is 88.9 Å². The van der Waals surface area contributed by atoms with Gasteiger partial charge in [-0.1, -0.05) is 25.3 Å². The van der Waals surface area contributed by atoms with Crippen LogP contribution in [0.1, 0.15) is 37.7 Å². The first kappa shape index (κ1) is 10.4. The Morgan fingerprint density at radius 1 is 1.20 bits per heavy atom. The van der Waals surface area contributed by atoms with E-state index in [4.69, 9.17) is 10.8 Å². The summed E-state index contributed by atoms with van der Waals surface area (Å²) in [6, 6.07) is 4.47. The molecule has 0 spiro atoms. The summed E-state index contributed by atoms with van der Waals surface area (Å²) in [5.74, 6) is -0.888. The van der Waals surface area contributed by atoms with E-state index in [1.807, 2.05) is 0 Å². The number of aromatic hydroxyl groups is 1. The lowest BCUT2D eigenvalue weighted by molar-refractivity contribution is 0.300. The lowest BCUT2D eigenvalue weighted by Gasteiger charge is -2.34. The molecule has 0 saturated heterocycles. The highest BCUT2D eigenvalue weighted by Crippen LogP contribution is 2.35. The zero-order valence-electron chi connectivity index (χ0n) is 8.67. The minimum absolute atomic E-state index is 0.307. The molecule has 1 aliphatic rings. The van der Waals surface area contributed by atoms with Crippen LogP contribution in [-0.2, 0) is 5.54 Å². The summed E-state index contributed by atoms with van der Waals surface area (Å²) < 4.78 is 13.2. The van der Waals surface area contributed by atoms with E-state index in [0.29, 0.717) is 0 Å². The molecule has 1 aromatic rings. The molecule has 15 heavy (non-hydrogen) atoms. The molecule has 0 aromatic heterocycles. The molecule has 2 rings (SSSR count). The largest absolute Gasteiger partial charge is 0.505 e. The van der Waals surface area contributed by atoms with Gasteiger partial charge in [-0.2, -0.15) is 0 Å². The molecule has 0 radical (unpaired) electrons. The van der Waals surface area contributed by atoms with Crippen molar-refractivity contribution in [2.45, 2.75) is 37.6 Å². The van der Waals surface area contributed by atoms with Crippen molar-refractivity contribution < 1.29 is 9.50 Å². The second-order valence-electron chi connectivity index (χ2n) is 4.38. The van der Waals surface area contributed by atoms with E-state index in [2.05, 4.69) is 0 Å². The molecule has 1 aliphatic carbocycles. The summed E-state index contributed by atoms with van der Waals surface area (Å²) in [7, 11) is 0. The Kier molecular flexibility index (Phi) is 2.65. The second-order valence-corrected chi connectivity index (χ2v) is 4.38. The van der Waals surface area contributed by atoms with E-state index >= 15 is 0 Å². The number of phenolic OH excluding ortho intramolecular Hbond substituents is 1. The Morgan fingerprint density at radius 3 is 2.47 bits per heavy atom. The third-order valence-corrected chi connectivity index (χ3v) is 3.27. The van der Waals surface area contributed by atoms with Crippen molar-refractivity contribution in [1.29, 1.82) is 0 Å². The fourth-order valence-corrected chi connectivity index (χ4v) is 2.29. The van der Waals surface area contributed by atoms with Gasteiger partial charge < -0.3 is 10.8 Å². The number of benzene rings is 1. The highest BCUT2D eigenvalue weighted by atomic mass is 19.1. The van der Waals surface area contributed by atoms with Crippen LogP contribution < -0.4 is 5.73 Å². The van der Waals surface area contributed by atoms with E-state index < -0.39 is 11.4 Å². The summed E-state index contributed by atoms with van der Waals surface area (Å²) in [6.07, 6.45) is 5.20. The minimum atomic E-state index is -0.581. The molecule has 0 amide bonds. The Balaban J connectivity index is 2.31. The van der Waals surface area contributed by atoms with Gasteiger partial charge in [-0.25, -0.2) is 4.39 Å². The highest BCUT2D eigenvalue weighted by Gasteiger charge is 2.29. The Hall–Kier alpha value is -1.09. The van der Waals surface area contributed by atoms with Crippen LogP contribution in [0, 0.1) is 5.82 Å². The number of nitrogens with two attached hydrogens (primary N) is 1. The lowest BCUT2D eigenvalue weighted by atomic mass is 9.77. The molecule has 0 bridgehead atoms. The second kappa shape index (κ2) is 3.81. The first-order valence-corrected chi connectivity index (χ1v) is 5.40. The predicted octanol–water partition coefficient (Wildman–Crippen LogP) is 2.65. The number of rotatable bonds is 1. The summed E-state index contributed by atoms with van der Waals surface area (Å²) in [6.45, 7) is 0. The van der Waals surface area contributed by atoms with E-state index in [9.17, 15) is 4.39 Å². The Bertz CT molecular complexity index is 359. The first-order valence-electron chi connectivity index (χ1n) is 5.40. The van der Waals surface area contributed by atoms with Gasteiger partial charge in [-0.05, 0) is 30.5 Å². The van der Waals surface area contributed by atoms with Crippen LogP contribution in [0.4, 0.5) is 4.39 Å². The lowest BCUT2D eigenvalue weighted by Crippen LogP contribution is -2.38. The molecule has 3 N–H and O–H groups in total. The van der Waals surface area contributed by atoms with E-state index in [0.717, 1.165) is 31.2 Å². The summed E-state index contributed by atoms with van der Waals surface area (Å²) >= 11 is 0. The average Bonchev–Trinajstić information content (AvgIpc) is 2.23. The molecule has 0 atom stereocenters. The van der Waals surface area contributed by atoms with Crippen LogP contribution in [0.25, 0.3) is 0 Å². The van der Waals surface area contributed by atoms with Gasteiger partial charge in [0.15, 0.2) is 11.6 Å². The fourth-order valence-electron chi connectivity index (χ4n) is 2.29. The van der Waals surface area contributed by atoms with Crippen LogP contribution in [0.2, 0.25) is 0 Å². The number of hydrogen-bond acceptors (Lipinski definition) is 2. The maximum Gasteiger partial charge on any atom is 0.165 e.